The number of amides is 1. The Labute approximate surface area is 172 Å². The van der Waals surface area contributed by atoms with E-state index in [4.69, 9.17) is 9.47 Å². The van der Waals surface area contributed by atoms with Crippen LogP contribution in [-0.2, 0) is 6.42 Å². The van der Waals surface area contributed by atoms with Crippen molar-refractivity contribution in [3.8, 4) is 11.5 Å². The first-order valence-electron chi connectivity index (χ1n) is 9.99. The van der Waals surface area contributed by atoms with Crippen LogP contribution in [0.25, 0.3) is 0 Å². The molecule has 1 N–H and O–H groups in total. The van der Waals surface area contributed by atoms with E-state index in [1.807, 2.05) is 61.5 Å². The second-order valence-electron chi connectivity index (χ2n) is 6.92. The van der Waals surface area contributed by atoms with E-state index in [0.717, 1.165) is 30.0 Å². The standard InChI is InChI=1S/C25H27NO3/c1-3-19(2)29-24-13-9-21(10-14-24)25(27)26-22-11-15-23(16-12-22)28-18-17-20-7-5-4-6-8-20/h4-16,19H,3,17-18H2,1-2H3,(H,26,27). The van der Waals surface area contributed by atoms with Gasteiger partial charge in [0, 0.05) is 17.7 Å². The van der Waals surface area contributed by atoms with Gasteiger partial charge in [-0.05, 0) is 67.4 Å². The Morgan fingerprint density at radius 1 is 0.897 bits per heavy atom. The molecule has 0 heterocycles. The average Bonchev–Trinajstić information content (AvgIpc) is 2.76. The summed E-state index contributed by atoms with van der Waals surface area (Å²) >= 11 is 0. The molecule has 4 nitrogen and oxygen atoms in total. The normalized spacial score (nSPS) is 11.5. The summed E-state index contributed by atoms with van der Waals surface area (Å²) in [6, 6.07) is 24.8. The zero-order chi connectivity index (χ0) is 20.5. The van der Waals surface area contributed by atoms with Crippen LogP contribution >= 0.6 is 0 Å². The minimum absolute atomic E-state index is 0.155. The highest BCUT2D eigenvalue weighted by atomic mass is 16.5. The third kappa shape index (κ3) is 6.39. The monoisotopic (exact) mass is 389 g/mol. The molecule has 0 aliphatic rings. The second-order valence-corrected chi connectivity index (χ2v) is 6.92. The number of anilines is 1. The number of nitrogens with one attached hydrogen (secondary N) is 1. The van der Waals surface area contributed by atoms with Crippen LogP contribution in [0, 0.1) is 0 Å². The molecule has 1 unspecified atom stereocenters. The molecular formula is C25H27NO3. The fraction of sp³-hybridized carbons (Fsp3) is 0.240. The van der Waals surface area contributed by atoms with Crippen molar-refractivity contribution in [3.05, 3.63) is 90.0 Å². The van der Waals surface area contributed by atoms with Crippen LogP contribution in [0.15, 0.2) is 78.9 Å². The molecule has 150 valence electrons. The lowest BCUT2D eigenvalue weighted by molar-refractivity contribution is 0.102. The van der Waals surface area contributed by atoms with Crippen LogP contribution in [0.1, 0.15) is 36.2 Å². The Bertz CT molecular complexity index is 890. The van der Waals surface area contributed by atoms with Gasteiger partial charge in [-0.2, -0.15) is 0 Å². The summed E-state index contributed by atoms with van der Waals surface area (Å²) in [5, 5.41) is 2.90. The average molecular weight is 389 g/mol. The van der Waals surface area contributed by atoms with Gasteiger partial charge in [0.1, 0.15) is 11.5 Å². The number of hydrogen-bond acceptors (Lipinski definition) is 3. The van der Waals surface area contributed by atoms with Crippen molar-refractivity contribution in [2.75, 3.05) is 11.9 Å². The third-order valence-corrected chi connectivity index (χ3v) is 4.64. The van der Waals surface area contributed by atoms with Crippen molar-refractivity contribution < 1.29 is 14.3 Å². The highest BCUT2D eigenvalue weighted by Crippen LogP contribution is 2.19. The number of carbonyl (C=O) groups excluding carboxylic acids is 1. The molecule has 29 heavy (non-hydrogen) atoms. The van der Waals surface area contributed by atoms with Gasteiger partial charge >= 0.3 is 0 Å². The van der Waals surface area contributed by atoms with Gasteiger partial charge in [0.15, 0.2) is 0 Å². The van der Waals surface area contributed by atoms with Gasteiger partial charge in [-0.25, -0.2) is 0 Å². The maximum Gasteiger partial charge on any atom is 0.255 e. The summed E-state index contributed by atoms with van der Waals surface area (Å²) in [5.41, 5.74) is 2.56. The number of hydrogen-bond donors (Lipinski definition) is 1. The summed E-state index contributed by atoms with van der Waals surface area (Å²) < 4.78 is 11.5. The zero-order valence-electron chi connectivity index (χ0n) is 16.9. The zero-order valence-corrected chi connectivity index (χ0v) is 16.9. The van der Waals surface area contributed by atoms with E-state index in [2.05, 4.69) is 24.4 Å². The summed E-state index contributed by atoms with van der Waals surface area (Å²) in [7, 11) is 0. The predicted octanol–water partition coefficient (Wildman–Crippen LogP) is 5.74. The fourth-order valence-corrected chi connectivity index (χ4v) is 2.77. The first kappa shape index (κ1) is 20.5. The molecule has 0 saturated heterocycles. The lowest BCUT2D eigenvalue weighted by atomic mass is 10.2. The van der Waals surface area contributed by atoms with Crippen LogP contribution in [0.3, 0.4) is 0 Å². The molecule has 3 rings (SSSR count). The van der Waals surface area contributed by atoms with Gasteiger partial charge in [-0.15, -0.1) is 0 Å². The van der Waals surface area contributed by atoms with Crippen molar-refractivity contribution in [1.82, 2.24) is 0 Å². The van der Waals surface area contributed by atoms with E-state index in [1.165, 1.54) is 5.56 Å². The van der Waals surface area contributed by atoms with Crippen LogP contribution in [0.5, 0.6) is 11.5 Å². The van der Waals surface area contributed by atoms with Gasteiger partial charge in [0.05, 0.1) is 12.7 Å². The minimum atomic E-state index is -0.155. The van der Waals surface area contributed by atoms with Crippen molar-refractivity contribution in [2.45, 2.75) is 32.8 Å². The lowest BCUT2D eigenvalue weighted by Crippen LogP contribution is -2.12. The predicted molar refractivity (Wildman–Crippen MR) is 117 cm³/mol. The second kappa shape index (κ2) is 10.3. The summed E-state index contributed by atoms with van der Waals surface area (Å²) in [6.45, 7) is 4.71. The summed E-state index contributed by atoms with van der Waals surface area (Å²) in [4.78, 5) is 12.4. The highest BCUT2D eigenvalue weighted by molar-refractivity contribution is 6.04. The van der Waals surface area contributed by atoms with E-state index in [-0.39, 0.29) is 12.0 Å². The van der Waals surface area contributed by atoms with E-state index in [1.54, 1.807) is 12.1 Å². The van der Waals surface area contributed by atoms with E-state index in [0.29, 0.717) is 12.2 Å². The molecule has 0 aliphatic carbocycles. The summed E-state index contributed by atoms with van der Waals surface area (Å²) in [6.07, 6.45) is 1.95. The Morgan fingerprint density at radius 2 is 1.55 bits per heavy atom. The Hall–Kier alpha value is -3.27. The third-order valence-electron chi connectivity index (χ3n) is 4.64. The molecule has 0 saturated carbocycles. The number of benzene rings is 3. The first-order valence-corrected chi connectivity index (χ1v) is 9.99. The molecule has 0 aliphatic heterocycles. The lowest BCUT2D eigenvalue weighted by Gasteiger charge is -2.13. The molecule has 3 aromatic carbocycles. The first-order chi connectivity index (χ1) is 14.1. The molecule has 0 aromatic heterocycles. The van der Waals surface area contributed by atoms with Crippen molar-refractivity contribution in [3.63, 3.8) is 0 Å². The smallest absolute Gasteiger partial charge is 0.255 e. The Kier molecular flexibility index (Phi) is 7.28. The molecule has 0 spiro atoms. The van der Waals surface area contributed by atoms with Gasteiger partial charge in [-0.1, -0.05) is 37.3 Å². The maximum atomic E-state index is 12.4. The van der Waals surface area contributed by atoms with Crippen molar-refractivity contribution in [2.24, 2.45) is 0 Å². The molecular weight excluding hydrogens is 362 g/mol. The van der Waals surface area contributed by atoms with Crippen LogP contribution in [-0.4, -0.2) is 18.6 Å². The molecule has 0 fully saturated rings. The van der Waals surface area contributed by atoms with Gasteiger partial charge in [0.2, 0.25) is 0 Å². The van der Waals surface area contributed by atoms with Crippen LogP contribution in [0.2, 0.25) is 0 Å². The maximum absolute atomic E-state index is 12.4. The van der Waals surface area contributed by atoms with Crippen molar-refractivity contribution in [1.29, 1.82) is 0 Å². The number of carbonyl (C=O) groups is 1. The van der Waals surface area contributed by atoms with E-state index < -0.39 is 0 Å². The van der Waals surface area contributed by atoms with Crippen LogP contribution < -0.4 is 14.8 Å². The number of ether oxygens (including phenoxy) is 2. The summed E-state index contributed by atoms with van der Waals surface area (Å²) in [5.74, 6) is 1.40. The largest absolute Gasteiger partial charge is 0.493 e. The van der Waals surface area contributed by atoms with Crippen LogP contribution in [0.4, 0.5) is 5.69 Å². The number of rotatable bonds is 9. The molecule has 0 bridgehead atoms. The molecule has 4 heteroatoms. The van der Waals surface area contributed by atoms with Gasteiger partial charge < -0.3 is 14.8 Å². The van der Waals surface area contributed by atoms with Gasteiger partial charge in [0.25, 0.3) is 5.91 Å². The van der Waals surface area contributed by atoms with Crippen molar-refractivity contribution >= 4 is 11.6 Å². The molecule has 1 amide bonds. The topological polar surface area (TPSA) is 47.6 Å². The van der Waals surface area contributed by atoms with E-state index >= 15 is 0 Å². The highest BCUT2D eigenvalue weighted by Gasteiger charge is 2.08. The Morgan fingerprint density at radius 3 is 2.21 bits per heavy atom. The Balaban J connectivity index is 1.49. The quantitative estimate of drug-likeness (QED) is 0.508. The SMILES string of the molecule is CCC(C)Oc1ccc(C(=O)Nc2ccc(OCCc3ccccc3)cc2)cc1. The molecule has 1 atom stereocenters. The minimum Gasteiger partial charge on any atom is -0.493 e. The fourth-order valence-electron chi connectivity index (χ4n) is 2.77. The van der Waals surface area contributed by atoms with Gasteiger partial charge in [-0.3, -0.25) is 4.79 Å². The molecule has 0 radical (unpaired) electrons. The van der Waals surface area contributed by atoms with E-state index in [9.17, 15) is 4.79 Å². The molecule has 3 aromatic rings.